The number of hydrogen-bond acceptors (Lipinski definition) is 6. The van der Waals surface area contributed by atoms with E-state index in [1.807, 2.05) is 24.3 Å². The number of allylic oxidation sites excluding steroid dienone is 1. The first-order chi connectivity index (χ1) is 14.1. The van der Waals surface area contributed by atoms with Gasteiger partial charge in [0.15, 0.2) is 5.78 Å². The molecule has 0 saturated carbocycles. The number of benzene rings is 2. The van der Waals surface area contributed by atoms with E-state index in [4.69, 9.17) is 18.9 Å². The van der Waals surface area contributed by atoms with Crippen LogP contribution in [0.15, 0.2) is 48.5 Å². The lowest BCUT2D eigenvalue weighted by Crippen LogP contribution is -2.42. The monoisotopic (exact) mass is 397 g/mol. The van der Waals surface area contributed by atoms with Gasteiger partial charge in [-0.2, -0.15) is 0 Å². The van der Waals surface area contributed by atoms with Crippen molar-refractivity contribution in [1.29, 1.82) is 0 Å². The van der Waals surface area contributed by atoms with Gasteiger partial charge in [-0.3, -0.25) is 4.79 Å². The zero-order valence-electron chi connectivity index (χ0n) is 16.4. The van der Waals surface area contributed by atoms with Crippen LogP contribution in [-0.2, 0) is 4.74 Å². The molecular weight excluding hydrogens is 374 g/mol. The Morgan fingerprint density at radius 1 is 1.00 bits per heavy atom. The highest BCUT2D eigenvalue weighted by Crippen LogP contribution is 2.27. The molecule has 0 aromatic heterocycles. The van der Waals surface area contributed by atoms with E-state index < -0.39 is 6.09 Å². The number of carbonyl (C=O) groups excluding carboxylic acids is 2. The van der Waals surface area contributed by atoms with Gasteiger partial charge in [0.2, 0.25) is 0 Å². The predicted molar refractivity (Wildman–Crippen MR) is 108 cm³/mol. The van der Waals surface area contributed by atoms with Crippen molar-refractivity contribution in [3.63, 3.8) is 0 Å². The van der Waals surface area contributed by atoms with Crippen molar-refractivity contribution in [2.45, 2.75) is 0 Å². The van der Waals surface area contributed by atoms with Crippen LogP contribution in [0, 0.1) is 0 Å². The molecular formula is C22H23NO6. The Balaban J connectivity index is 1.83. The molecule has 7 heteroatoms. The molecule has 0 atom stereocenters. The van der Waals surface area contributed by atoms with E-state index in [0.717, 1.165) is 5.56 Å². The first-order valence-electron chi connectivity index (χ1n) is 9.20. The Kier molecular flexibility index (Phi) is 6.86. The van der Waals surface area contributed by atoms with Crippen LogP contribution < -0.4 is 14.2 Å². The molecule has 0 radical (unpaired) electrons. The fourth-order valence-corrected chi connectivity index (χ4v) is 2.88. The van der Waals surface area contributed by atoms with Gasteiger partial charge in [-0.25, -0.2) is 4.79 Å². The molecule has 152 valence electrons. The third-order valence-electron chi connectivity index (χ3n) is 4.47. The van der Waals surface area contributed by atoms with E-state index in [1.165, 1.54) is 19.3 Å². The lowest BCUT2D eigenvalue weighted by molar-refractivity contribution is 0.0415. The van der Waals surface area contributed by atoms with Crippen LogP contribution in [0.1, 0.15) is 15.9 Å². The molecule has 1 amide bonds. The molecule has 3 rings (SSSR count). The van der Waals surface area contributed by atoms with Crippen molar-refractivity contribution in [2.75, 3.05) is 40.5 Å². The molecule has 2 aromatic rings. The second kappa shape index (κ2) is 9.75. The summed E-state index contributed by atoms with van der Waals surface area (Å²) in [6.45, 7) is 1.81. The molecule has 1 saturated heterocycles. The van der Waals surface area contributed by atoms with Gasteiger partial charge in [-0.05, 0) is 30.4 Å². The highest BCUT2D eigenvalue weighted by Gasteiger charge is 2.21. The highest BCUT2D eigenvalue weighted by molar-refractivity contribution is 6.09. The summed E-state index contributed by atoms with van der Waals surface area (Å²) in [6, 6.07) is 12.1. The van der Waals surface area contributed by atoms with Crippen LogP contribution in [0.5, 0.6) is 17.2 Å². The standard InChI is InChI=1S/C22H23NO6/c1-26-17-8-9-18(19(24)10-7-16-5-3-4-6-20(16)27-2)21(15-17)29-22(25)23-11-13-28-14-12-23/h3-10,15H,11-14H2,1-2H3. The van der Waals surface area contributed by atoms with Crippen LogP contribution in [0.2, 0.25) is 0 Å². The maximum Gasteiger partial charge on any atom is 0.415 e. The van der Waals surface area contributed by atoms with Crippen molar-refractivity contribution >= 4 is 18.0 Å². The smallest absolute Gasteiger partial charge is 0.415 e. The van der Waals surface area contributed by atoms with E-state index in [0.29, 0.717) is 37.8 Å². The van der Waals surface area contributed by atoms with Gasteiger partial charge in [0.25, 0.3) is 0 Å². The number of amides is 1. The van der Waals surface area contributed by atoms with Crippen LogP contribution in [0.3, 0.4) is 0 Å². The summed E-state index contributed by atoms with van der Waals surface area (Å²) in [5.74, 6) is 0.990. The van der Waals surface area contributed by atoms with Crippen molar-refractivity contribution < 1.29 is 28.5 Å². The summed E-state index contributed by atoms with van der Waals surface area (Å²) in [5.41, 5.74) is 1.03. The van der Waals surface area contributed by atoms with Crippen LogP contribution in [0.4, 0.5) is 4.79 Å². The summed E-state index contributed by atoms with van der Waals surface area (Å²) < 4.78 is 21.3. The summed E-state index contributed by atoms with van der Waals surface area (Å²) in [4.78, 5) is 26.8. The topological polar surface area (TPSA) is 74.3 Å². The minimum absolute atomic E-state index is 0.149. The average molecular weight is 397 g/mol. The Morgan fingerprint density at radius 3 is 2.48 bits per heavy atom. The van der Waals surface area contributed by atoms with E-state index in [2.05, 4.69) is 0 Å². The molecule has 0 aliphatic carbocycles. The quantitative estimate of drug-likeness (QED) is 0.549. The van der Waals surface area contributed by atoms with Crippen molar-refractivity contribution in [1.82, 2.24) is 4.90 Å². The molecule has 1 aliphatic heterocycles. The number of rotatable bonds is 6. The van der Waals surface area contributed by atoms with Gasteiger partial charge in [-0.1, -0.05) is 18.2 Å². The van der Waals surface area contributed by atoms with Gasteiger partial charge < -0.3 is 23.8 Å². The van der Waals surface area contributed by atoms with Gasteiger partial charge in [0, 0.05) is 24.7 Å². The molecule has 7 nitrogen and oxygen atoms in total. The fraction of sp³-hybridized carbons (Fsp3) is 0.273. The number of hydrogen-bond donors (Lipinski definition) is 0. The number of methoxy groups -OCH3 is 2. The number of nitrogens with zero attached hydrogens (tertiary/aromatic N) is 1. The molecule has 1 fully saturated rings. The van der Waals surface area contributed by atoms with Crippen molar-refractivity contribution in [2.24, 2.45) is 0 Å². The third kappa shape index (κ3) is 5.14. The summed E-state index contributed by atoms with van der Waals surface area (Å²) in [6.07, 6.45) is 2.56. The minimum Gasteiger partial charge on any atom is -0.497 e. The number of carbonyl (C=O) groups is 2. The third-order valence-corrected chi connectivity index (χ3v) is 4.47. The van der Waals surface area contributed by atoms with Gasteiger partial charge in [0.05, 0.1) is 33.0 Å². The highest BCUT2D eigenvalue weighted by atomic mass is 16.6. The fourth-order valence-electron chi connectivity index (χ4n) is 2.88. The Labute approximate surface area is 169 Å². The summed E-state index contributed by atoms with van der Waals surface area (Å²) in [5, 5.41) is 0. The van der Waals surface area contributed by atoms with Crippen molar-refractivity contribution in [3.8, 4) is 17.2 Å². The number of ketones is 1. The first-order valence-corrected chi connectivity index (χ1v) is 9.20. The van der Waals surface area contributed by atoms with Gasteiger partial charge in [0.1, 0.15) is 17.2 Å². The first kappa shape index (κ1) is 20.4. The maximum atomic E-state index is 12.8. The zero-order valence-corrected chi connectivity index (χ0v) is 16.4. The van der Waals surface area contributed by atoms with Crippen LogP contribution >= 0.6 is 0 Å². The second-order valence-electron chi connectivity index (χ2n) is 6.27. The predicted octanol–water partition coefficient (Wildman–Crippen LogP) is 3.43. The van der Waals surface area contributed by atoms with E-state index in [1.54, 1.807) is 30.2 Å². The zero-order chi connectivity index (χ0) is 20.6. The number of para-hydroxylation sites is 1. The van der Waals surface area contributed by atoms with Crippen molar-refractivity contribution in [3.05, 3.63) is 59.7 Å². The molecule has 1 aliphatic rings. The lowest BCUT2D eigenvalue weighted by atomic mass is 10.1. The SMILES string of the molecule is COc1ccc(C(=O)C=Cc2ccccc2OC)c(OC(=O)N2CCOCC2)c1. The normalized spacial score (nSPS) is 13.9. The molecule has 0 bridgehead atoms. The van der Waals surface area contributed by atoms with E-state index in [-0.39, 0.29) is 17.1 Å². The molecule has 0 spiro atoms. The Bertz CT molecular complexity index is 902. The molecule has 0 unspecified atom stereocenters. The van der Waals surface area contributed by atoms with Crippen LogP contribution in [0.25, 0.3) is 6.08 Å². The summed E-state index contributed by atoms with van der Waals surface area (Å²) in [7, 11) is 3.08. The van der Waals surface area contributed by atoms with Crippen LogP contribution in [-0.4, -0.2) is 57.3 Å². The van der Waals surface area contributed by atoms with E-state index in [9.17, 15) is 9.59 Å². The minimum atomic E-state index is -0.524. The maximum absolute atomic E-state index is 12.8. The Morgan fingerprint density at radius 2 is 1.76 bits per heavy atom. The molecule has 0 N–H and O–H groups in total. The largest absolute Gasteiger partial charge is 0.497 e. The molecule has 2 aromatic carbocycles. The van der Waals surface area contributed by atoms with E-state index >= 15 is 0 Å². The lowest BCUT2D eigenvalue weighted by Gasteiger charge is -2.26. The number of morpholine rings is 1. The number of ether oxygens (including phenoxy) is 4. The molecule has 1 heterocycles. The molecule has 29 heavy (non-hydrogen) atoms. The van der Waals surface area contributed by atoms with Gasteiger partial charge >= 0.3 is 6.09 Å². The Hall–Kier alpha value is -3.32. The average Bonchev–Trinajstić information content (AvgIpc) is 2.78. The summed E-state index contributed by atoms with van der Waals surface area (Å²) >= 11 is 0. The van der Waals surface area contributed by atoms with Gasteiger partial charge in [-0.15, -0.1) is 0 Å². The second-order valence-corrected chi connectivity index (χ2v) is 6.27.